The molecule has 0 saturated heterocycles. The summed E-state index contributed by atoms with van der Waals surface area (Å²) in [5.41, 5.74) is 9.26. The number of hydrogen-bond acceptors (Lipinski definition) is 5. The Bertz CT molecular complexity index is 1110. The maximum Gasteiger partial charge on any atom is 0.365 e. The molecule has 2 N–H and O–H groups in total. The fourth-order valence-corrected chi connectivity index (χ4v) is 2.85. The van der Waals surface area contributed by atoms with Crippen molar-refractivity contribution >= 4 is 11.8 Å². The van der Waals surface area contributed by atoms with Crippen LogP contribution in [0.4, 0.5) is 4.39 Å². The first-order chi connectivity index (χ1) is 14.9. The highest BCUT2D eigenvalue weighted by molar-refractivity contribution is 5.98. The van der Waals surface area contributed by atoms with Gasteiger partial charge in [-0.15, -0.1) is 0 Å². The lowest BCUT2D eigenvalue weighted by Crippen LogP contribution is -2.15. The van der Waals surface area contributed by atoms with E-state index in [-0.39, 0.29) is 18.0 Å². The van der Waals surface area contributed by atoms with Gasteiger partial charge in [-0.05, 0) is 73.5 Å². The second-order valence-electron chi connectivity index (χ2n) is 6.95. The largest absolute Gasteiger partial charge is 0.496 e. The molecule has 0 amide bonds. The van der Waals surface area contributed by atoms with Gasteiger partial charge in [0.25, 0.3) is 0 Å². The zero-order chi connectivity index (χ0) is 22.4. The van der Waals surface area contributed by atoms with Crippen LogP contribution in [0.5, 0.6) is 11.5 Å². The Labute approximate surface area is 180 Å². The predicted octanol–water partition coefficient (Wildman–Crippen LogP) is 4.51. The van der Waals surface area contributed by atoms with Crippen molar-refractivity contribution in [1.82, 2.24) is 0 Å². The summed E-state index contributed by atoms with van der Waals surface area (Å²) in [7, 11) is 1.54. The number of rotatable bonds is 7. The second kappa shape index (κ2) is 9.75. The molecule has 0 bridgehead atoms. The molecule has 31 heavy (non-hydrogen) atoms. The first-order valence-corrected chi connectivity index (χ1v) is 9.55. The third-order valence-corrected chi connectivity index (χ3v) is 4.61. The van der Waals surface area contributed by atoms with Gasteiger partial charge in [0.15, 0.2) is 5.84 Å². The lowest BCUT2D eigenvalue weighted by Gasteiger charge is -2.13. The van der Waals surface area contributed by atoms with E-state index in [2.05, 4.69) is 5.16 Å². The number of amidine groups is 1. The van der Waals surface area contributed by atoms with Gasteiger partial charge in [-0.2, -0.15) is 0 Å². The minimum Gasteiger partial charge on any atom is -0.496 e. The number of methoxy groups -OCH3 is 1. The number of halogens is 1. The van der Waals surface area contributed by atoms with Crippen molar-refractivity contribution in [2.24, 2.45) is 10.9 Å². The molecule has 6 nitrogen and oxygen atoms in total. The van der Waals surface area contributed by atoms with Crippen molar-refractivity contribution in [3.05, 3.63) is 94.3 Å². The van der Waals surface area contributed by atoms with Crippen molar-refractivity contribution in [2.75, 3.05) is 7.11 Å². The third kappa shape index (κ3) is 5.60. The number of carbonyl (C=O) groups excluding carboxylic acids is 1. The molecular weight excluding hydrogens is 399 g/mol. The monoisotopic (exact) mass is 422 g/mol. The number of carbonyl (C=O) groups is 1. The molecule has 0 saturated carbocycles. The van der Waals surface area contributed by atoms with Gasteiger partial charge in [-0.25, -0.2) is 9.18 Å². The van der Waals surface area contributed by atoms with Crippen LogP contribution < -0.4 is 15.2 Å². The highest BCUT2D eigenvalue weighted by Gasteiger charge is 2.13. The Morgan fingerprint density at radius 3 is 2.39 bits per heavy atom. The molecule has 0 unspecified atom stereocenters. The third-order valence-electron chi connectivity index (χ3n) is 4.61. The maximum atomic E-state index is 13.0. The average Bonchev–Trinajstić information content (AvgIpc) is 2.78. The summed E-state index contributed by atoms with van der Waals surface area (Å²) in [6.45, 7) is 4.15. The topological polar surface area (TPSA) is 83.1 Å². The molecule has 0 aliphatic heterocycles. The standard InChI is InChI=1S/C24H23FN2O4/c1-15-4-5-16(2)22(12-15)30-14-19-13-18(8-11-21(19)29-3)24(28)31-27-23(26)17-6-9-20(25)10-7-17/h4-13H,14H2,1-3H3,(H2,26,27). The molecule has 7 heteroatoms. The molecule has 0 fully saturated rings. The van der Waals surface area contributed by atoms with Crippen molar-refractivity contribution in [3.63, 3.8) is 0 Å². The quantitative estimate of drug-likeness (QED) is 0.262. The van der Waals surface area contributed by atoms with E-state index in [1.165, 1.54) is 24.3 Å². The van der Waals surface area contributed by atoms with Crippen LogP contribution in [0.3, 0.4) is 0 Å². The first kappa shape index (κ1) is 21.8. The molecule has 0 aliphatic rings. The highest BCUT2D eigenvalue weighted by Crippen LogP contribution is 2.25. The summed E-state index contributed by atoms with van der Waals surface area (Å²) in [5, 5.41) is 3.65. The molecule has 160 valence electrons. The van der Waals surface area contributed by atoms with Crippen molar-refractivity contribution in [3.8, 4) is 11.5 Å². The number of oxime groups is 1. The lowest BCUT2D eigenvalue weighted by molar-refractivity contribution is 0.0515. The summed E-state index contributed by atoms with van der Waals surface area (Å²) in [5.74, 6) is 0.200. The number of benzene rings is 3. The van der Waals surface area contributed by atoms with E-state index in [0.29, 0.717) is 16.9 Å². The van der Waals surface area contributed by atoms with E-state index in [1.807, 2.05) is 32.0 Å². The van der Waals surface area contributed by atoms with Crippen LogP contribution in [-0.4, -0.2) is 18.9 Å². The second-order valence-corrected chi connectivity index (χ2v) is 6.95. The predicted molar refractivity (Wildman–Crippen MR) is 116 cm³/mol. The van der Waals surface area contributed by atoms with Gasteiger partial charge in [0, 0.05) is 11.1 Å². The number of ether oxygens (including phenoxy) is 2. The summed E-state index contributed by atoms with van der Waals surface area (Å²) < 4.78 is 24.3. The molecule has 0 radical (unpaired) electrons. The van der Waals surface area contributed by atoms with Crippen molar-refractivity contribution in [2.45, 2.75) is 20.5 Å². The molecule has 0 aromatic heterocycles. The van der Waals surface area contributed by atoms with E-state index < -0.39 is 11.8 Å². The van der Waals surface area contributed by atoms with Crippen LogP contribution in [0.15, 0.2) is 65.8 Å². The van der Waals surface area contributed by atoms with Gasteiger partial charge in [-0.3, -0.25) is 0 Å². The Morgan fingerprint density at radius 1 is 0.968 bits per heavy atom. The van der Waals surface area contributed by atoms with Crippen LogP contribution in [0.25, 0.3) is 0 Å². The summed E-state index contributed by atoms with van der Waals surface area (Å²) in [6, 6.07) is 16.2. The van der Waals surface area contributed by atoms with Gasteiger partial charge in [0.05, 0.1) is 12.7 Å². The Kier molecular flexibility index (Phi) is 6.87. The van der Waals surface area contributed by atoms with Gasteiger partial charge in [-0.1, -0.05) is 17.3 Å². The number of nitrogens with two attached hydrogens (primary N) is 1. The molecule has 0 heterocycles. The summed E-state index contributed by atoms with van der Waals surface area (Å²) in [4.78, 5) is 17.4. The smallest absolute Gasteiger partial charge is 0.365 e. The van der Waals surface area contributed by atoms with E-state index in [1.54, 1.807) is 25.3 Å². The zero-order valence-corrected chi connectivity index (χ0v) is 17.5. The van der Waals surface area contributed by atoms with Gasteiger partial charge < -0.3 is 20.0 Å². The van der Waals surface area contributed by atoms with Crippen LogP contribution >= 0.6 is 0 Å². The first-order valence-electron chi connectivity index (χ1n) is 9.55. The fourth-order valence-electron chi connectivity index (χ4n) is 2.85. The van der Waals surface area contributed by atoms with E-state index in [4.69, 9.17) is 20.0 Å². The van der Waals surface area contributed by atoms with Gasteiger partial charge >= 0.3 is 5.97 Å². The molecule has 0 aliphatic carbocycles. The Hall–Kier alpha value is -3.87. The number of aryl methyl sites for hydroxylation is 2. The minimum absolute atomic E-state index is 0.0414. The fraction of sp³-hybridized carbons (Fsp3) is 0.167. The van der Waals surface area contributed by atoms with E-state index in [0.717, 1.165) is 16.9 Å². The minimum atomic E-state index is -0.694. The summed E-state index contributed by atoms with van der Waals surface area (Å²) in [6.07, 6.45) is 0. The highest BCUT2D eigenvalue weighted by atomic mass is 19.1. The number of hydrogen-bond donors (Lipinski definition) is 1. The SMILES string of the molecule is COc1ccc(C(=O)O/N=C(\N)c2ccc(F)cc2)cc1COc1cc(C)ccc1C. The molecule has 3 aromatic rings. The molecule has 3 aromatic carbocycles. The molecular formula is C24H23FN2O4. The van der Waals surface area contributed by atoms with Crippen molar-refractivity contribution in [1.29, 1.82) is 0 Å². The van der Waals surface area contributed by atoms with Gasteiger partial charge in [0.2, 0.25) is 0 Å². The number of nitrogens with zero attached hydrogens (tertiary/aromatic N) is 1. The van der Waals surface area contributed by atoms with Crippen LogP contribution in [0.2, 0.25) is 0 Å². The average molecular weight is 422 g/mol. The Morgan fingerprint density at radius 2 is 1.68 bits per heavy atom. The lowest BCUT2D eigenvalue weighted by atomic mass is 10.1. The molecule has 0 atom stereocenters. The summed E-state index contributed by atoms with van der Waals surface area (Å²) >= 11 is 0. The normalized spacial score (nSPS) is 11.2. The van der Waals surface area contributed by atoms with Crippen LogP contribution in [-0.2, 0) is 11.4 Å². The molecule has 0 spiro atoms. The van der Waals surface area contributed by atoms with E-state index in [9.17, 15) is 9.18 Å². The molecule has 3 rings (SSSR count). The maximum absolute atomic E-state index is 13.0. The van der Waals surface area contributed by atoms with Crippen molar-refractivity contribution < 1.29 is 23.5 Å². The van der Waals surface area contributed by atoms with Crippen LogP contribution in [0, 0.1) is 19.7 Å². The van der Waals surface area contributed by atoms with Gasteiger partial charge in [0.1, 0.15) is 23.9 Å². The van der Waals surface area contributed by atoms with Crippen LogP contribution in [0.1, 0.15) is 32.6 Å². The Balaban J connectivity index is 1.74. The van der Waals surface area contributed by atoms with E-state index >= 15 is 0 Å². The zero-order valence-electron chi connectivity index (χ0n) is 17.5.